The number of Topliss-reactive ketones (excluding diaryl/α,β-unsaturated/α-hetero) is 1. The van der Waals surface area contributed by atoms with E-state index in [1.165, 1.54) is 11.1 Å². The summed E-state index contributed by atoms with van der Waals surface area (Å²) in [4.78, 5) is 12.2. The number of benzene rings is 1. The Morgan fingerprint density at radius 1 is 1.22 bits per heavy atom. The minimum Gasteiger partial charge on any atom is -0.292 e. The van der Waals surface area contributed by atoms with Crippen LogP contribution in [0.5, 0.6) is 0 Å². The van der Waals surface area contributed by atoms with E-state index in [0.717, 1.165) is 12.1 Å². The Morgan fingerprint density at radius 3 is 2.67 bits per heavy atom. The number of ketones is 1. The normalized spacial score (nSPS) is 10.6. The molecule has 0 aliphatic heterocycles. The van der Waals surface area contributed by atoms with Crippen molar-refractivity contribution >= 4 is 5.78 Å². The third kappa shape index (κ3) is 2.50. The number of nitrogens with zero attached hydrogens (tertiary/aromatic N) is 2. The lowest BCUT2D eigenvalue weighted by Crippen LogP contribution is -2.11. The van der Waals surface area contributed by atoms with Crippen LogP contribution in [0.15, 0.2) is 30.5 Å². The molecule has 0 atom stereocenters. The molecule has 3 heteroatoms. The highest BCUT2D eigenvalue weighted by Gasteiger charge is 2.12. The minimum absolute atomic E-state index is 0.123. The molecule has 0 aliphatic rings. The molecule has 1 aromatic carbocycles. The summed E-state index contributed by atoms with van der Waals surface area (Å²) in [6.45, 7) is 6.85. The van der Waals surface area contributed by atoms with Crippen molar-refractivity contribution in [2.45, 2.75) is 33.7 Å². The molecular weight excluding hydrogens is 224 g/mol. The zero-order valence-electron chi connectivity index (χ0n) is 11.1. The van der Waals surface area contributed by atoms with Gasteiger partial charge in [-0.15, -0.1) is 0 Å². The molecule has 2 aromatic rings. The van der Waals surface area contributed by atoms with E-state index in [2.05, 4.69) is 31.1 Å². The number of carbonyl (C=O) groups excluding carboxylic acids is 1. The highest BCUT2D eigenvalue weighted by molar-refractivity contribution is 5.95. The van der Waals surface area contributed by atoms with Crippen molar-refractivity contribution in [2.24, 2.45) is 0 Å². The first kappa shape index (κ1) is 12.6. The summed E-state index contributed by atoms with van der Waals surface area (Å²) in [6.07, 6.45) is 2.12. The lowest BCUT2D eigenvalue weighted by atomic mass is 10.0. The number of carbonyl (C=O) groups is 1. The van der Waals surface area contributed by atoms with E-state index < -0.39 is 0 Å². The van der Waals surface area contributed by atoms with Gasteiger partial charge in [-0.2, -0.15) is 5.10 Å². The van der Waals surface area contributed by atoms with Gasteiger partial charge in [0.15, 0.2) is 5.78 Å². The van der Waals surface area contributed by atoms with Crippen LogP contribution in [0.4, 0.5) is 0 Å². The van der Waals surface area contributed by atoms with Crippen molar-refractivity contribution in [1.29, 1.82) is 0 Å². The van der Waals surface area contributed by atoms with Gasteiger partial charge >= 0.3 is 0 Å². The maximum atomic E-state index is 12.2. The fourth-order valence-electron chi connectivity index (χ4n) is 2.01. The Hall–Kier alpha value is -1.90. The van der Waals surface area contributed by atoms with Crippen molar-refractivity contribution < 1.29 is 4.79 Å². The van der Waals surface area contributed by atoms with E-state index in [-0.39, 0.29) is 5.78 Å². The van der Waals surface area contributed by atoms with Gasteiger partial charge in [-0.3, -0.25) is 9.48 Å². The van der Waals surface area contributed by atoms with E-state index in [4.69, 9.17) is 0 Å². The van der Waals surface area contributed by atoms with Gasteiger partial charge in [0.05, 0.1) is 0 Å². The molecule has 0 spiro atoms. The Bertz CT molecular complexity index is 570. The van der Waals surface area contributed by atoms with Crippen LogP contribution in [0.2, 0.25) is 0 Å². The van der Waals surface area contributed by atoms with Crippen molar-refractivity contribution in [3.8, 4) is 0 Å². The SMILES string of the molecule is CCn1nccc1C(=O)Cc1ccc(C)c(C)c1. The summed E-state index contributed by atoms with van der Waals surface area (Å²) < 4.78 is 1.74. The summed E-state index contributed by atoms with van der Waals surface area (Å²) in [6, 6.07) is 7.95. The average molecular weight is 242 g/mol. The van der Waals surface area contributed by atoms with Crippen molar-refractivity contribution in [2.75, 3.05) is 0 Å². The average Bonchev–Trinajstić information content (AvgIpc) is 2.82. The molecule has 0 N–H and O–H groups in total. The summed E-state index contributed by atoms with van der Waals surface area (Å²) in [5.74, 6) is 0.123. The van der Waals surface area contributed by atoms with Gasteiger partial charge in [-0.25, -0.2) is 0 Å². The molecule has 2 rings (SSSR count). The van der Waals surface area contributed by atoms with Crippen LogP contribution in [0, 0.1) is 13.8 Å². The van der Waals surface area contributed by atoms with E-state index in [1.807, 2.05) is 13.0 Å². The molecule has 94 valence electrons. The van der Waals surface area contributed by atoms with Crippen LogP contribution in [0.25, 0.3) is 0 Å². The maximum absolute atomic E-state index is 12.2. The van der Waals surface area contributed by atoms with Crippen molar-refractivity contribution in [3.63, 3.8) is 0 Å². The van der Waals surface area contributed by atoms with Crippen LogP contribution in [0.1, 0.15) is 34.1 Å². The monoisotopic (exact) mass is 242 g/mol. The number of aromatic nitrogens is 2. The Kier molecular flexibility index (Phi) is 3.60. The molecule has 0 saturated carbocycles. The predicted molar refractivity (Wildman–Crippen MR) is 71.9 cm³/mol. The summed E-state index contributed by atoms with van der Waals surface area (Å²) in [5.41, 5.74) is 4.23. The van der Waals surface area contributed by atoms with E-state index in [0.29, 0.717) is 12.1 Å². The van der Waals surface area contributed by atoms with Crippen LogP contribution in [0.3, 0.4) is 0 Å². The molecule has 0 bridgehead atoms. The second-order valence-corrected chi connectivity index (χ2v) is 4.55. The Balaban J connectivity index is 2.19. The number of aryl methyl sites for hydroxylation is 3. The first-order chi connectivity index (χ1) is 8.61. The molecule has 3 nitrogen and oxygen atoms in total. The van der Waals surface area contributed by atoms with Gasteiger partial charge in [0.25, 0.3) is 0 Å². The second-order valence-electron chi connectivity index (χ2n) is 4.55. The van der Waals surface area contributed by atoms with Crippen molar-refractivity contribution in [1.82, 2.24) is 9.78 Å². The van der Waals surface area contributed by atoms with Crippen LogP contribution >= 0.6 is 0 Å². The first-order valence-corrected chi connectivity index (χ1v) is 6.23. The number of hydrogen-bond donors (Lipinski definition) is 0. The molecule has 0 radical (unpaired) electrons. The lowest BCUT2D eigenvalue weighted by Gasteiger charge is -2.06. The molecule has 0 unspecified atom stereocenters. The Morgan fingerprint density at radius 2 is 2.00 bits per heavy atom. The highest BCUT2D eigenvalue weighted by atomic mass is 16.1. The standard InChI is InChI=1S/C15H18N2O/c1-4-17-14(7-8-16-17)15(18)10-13-6-5-11(2)12(3)9-13/h5-9H,4,10H2,1-3H3. The van der Waals surface area contributed by atoms with Crippen LogP contribution in [-0.2, 0) is 13.0 Å². The van der Waals surface area contributed by atoms with Gasteiger partial charge in [0.1, 0.15) is 5.69 Å². The summed E-state index contributed by atoms with van der Waals surface area (Å²) >= 11 is 0. The third-order valence-electron chi connectivity index (χ3n) is 3.24. The number of rotatable bonds is 4. The zero-order valence-corrected chi connectivity index (χ0v) is 11.1. The van der Waals surface area contributed by atoms with Crippen LogP contribution in [-0.4, -0.2) is 15.6 Å². The third-order valence-corrected chi connectivity index (χ3v) is 3.24. The lowest BCUT2D eigenvalue weighted by molar-refractivity contribution is 0.0983. The van der Waals surface area contributed by atoms with Crippen LogP contribution < -0.4 is 0 Å². The molecule has 0 fully saturated rings. The van der Waals surface area contributed by atoms with E-state index in [9.17, 15) is 4.79 Å². The van der Waals surface area contributed by atoms with Gasteiger partial charge in [-0.05, 0) is 43.5 Å². The zero-order chi connectivity index (χ0) is 13.1. The molecule has 18 heavy (non-hydrogen) atoms. The summed E-state index contributed by atoms with van der Waals surface area (Å²) in [7, 11) is 0. The van der Waals surface area contributed by atoms with Gasteiger partial charge in [-0.1, -0.05) is 18.2 Å². The largest absolute Gasteiger partial charge is 0.292 e. The minimum atomic E-state index is 0.123. The maximum Gasteiger partial charge on any atom is 0.185 e. The van der Waals surface area contributed by atoms with Crippen molar-refractivity contribution in [3.05, 3.63) is 52.8 Å². The quantitative estimate of drug-likeness (QED) is 0.773. The smallest absolute Gasteiger partial charge is 0.185 e. The van der Waals surface area contributed by atoms with Gasteiger partial charge < -0.3 is 0 Å². The number of hydrogen-bond acceptors (Lipinski definition) is 2. The molecule has 0 aliphatic carbocycles. The fraction of sp³-hybridized carbons (Fsp3) is 0.333. The Labute approximate surface area is 107 Å². The first-order valence-electron chi connectivity index (χ1n) is 6.23. The predicted octanol–water partition coefficient (Wildman–Crippen LogP) is 2.95. The molecule has 0 amide bonds. The molecule has 1 heterocycles. The fourth-order valence-corrected chi connectivity index (χ4v) is 2.01. The topological polar surface area (TPSA) is 34.9 Å². The highest BCUT2D eigenvalue weighted by Crippen LogP contribution is 2.12. The molecule has 0 saturated heterocycles. The van der Waals surface area contributed by atoms with Gasteiger partial charge in [0.2, 0.25) is 0 Å². The molecular formula is C15H18N2O. The van der Waals surface area contributed by atoms with E-state index in [1.54, 1.807) is 16.9 Å². The van der Waals surface area contributed by atoms with Gasteiger partial charge in [0, 0.05) is 19.2 Å². The van der Waals surface area contributed by atoms with E-state index >= 15 is 0 Å². The molecule has 1 aromatic heterocycles. The second kappa shape index (κ2) is 5.17. The summed E-state index contributed by atoms with van der Waals surface area (Å²) in [5, 5.41) is 4.12.